The molecule has 2 unspecified atom stereocenters. The molecule has 28 heavy (non-hydrogen) atoms. The molecular formula is C20H23N3O5. The Morgan fingerprint density at radius 2 is 1.93 bits per heavy atom. The second kappa shape index (κ2) is 8.24. The van der Waals surface area contributed by atoms with Gasteiger partial charge < -0.3 is 19.9 Å². The molecule has 8 heteroatoms. The Hall–Kier alpha value is -3.16. The number of hydrogen-bond acceptors (Lipinski definition) is 5. The Bertz CT molecular complexity index is 835. The molecule has 2 aliphatic rings. The summed E-state index contributed by atoms with van der Waals surface area (Å²) in [6.07, 6.45) is 3.33. The summed E-state index contributed by atoms with van der Waals surface area (Å²) in [6.45, 7) is 2.07. The summed E-state index contributed by atoms with van der Waals surface area (Å²) in [4.78, 5) is 52.1. The molecule has 0 bridgehead atoms. The Kier molecular flexibility index (Phi) is 5.77. The molecule has 2 atom stereocenters. The first-order valence-corrected chi connectivity index (χ1v) is 9.12. The summed E-state index contributed by atoms with van der Waals surface area (Å²) in [5, 5.41) is 2.68. The Morgan fingerprint density at radius 1 is 1.18 bits per heavy atom. The lowest BCUT2D eigenvalue weighted by Crippen LogP contribution is -2.58. The molecule has 3 rings (SSSR count). The number of piperazine rings is 1. The standard InChI is InChI=1S/C20H23N3O5/c1-13(24)22-9-7-14-5-3-4-6-15(14)16(22)11-18(25)23-10-8-21-20(27)17(23)12-19(26)28-2/h3-7,9,16-17H,8,10-12H2,1-2H3,(H,21,27). The van der Waals surface area contributed by atoms with Gasteiger partial charge in [-0.1, -0.05) is 24.3 Å². The van der Waals surface area contributed by atoms with E-state index in [0.717, 1.165) is 11.1 Å². The van der Waals surface area contributed by atoms with Crippen LogP contribution in [0.25, 0.3) is 6.08 Å². The number of benzene rings is 1. The van der Waals surface area contributed by atoms with E-state index in [9.17, 15) is 19.2 Å². The number of carbonyl (C=O) groups is 4. The normalized spacial score (nSPS) is 21.0. The highest BCUT2D eigenvalue weighted by atomic mass is 16.5. The summed E-state index contributed by atoms with van der Waals surface area (Å²) < 4.78 is 4.66. The van der Waals surface area contributed by atoms with Crippen molar-refractivity contribution in [3.63, 3.8) is 0 Å². The average Bonchev–Trinajstić information content (AvgIpc) is 2.69. The SMILES string of the molecule is COC(=O)CC1C(=O)NCCN1C(=O)CC1c2ccccc2C=CN1C(C)=O. The zero-order valence-electron chi connectivity index (χ0n) is 15.9. The molecule has 1 fully saturated rings. The van der Waals surface area contributed by atoms with Crippen LogP contribution in [0.2, 0.25) is 0 Å². The lowest BCUT2D eigenvalue weighted by atomic mass is 9.93. The second-order valence-electron chi connectivity index (χ2n) is 6.77. The topological polar surface area (TPSA) is 96.0 Å². The smallest absolute Gasteiger partial charge is 0.308 e. The highest BCUT2D eigenvalue weighted by Gasteiger charge is 2.37. The van der Waals surface area contributed by atoms with Gasteiger partial charge in [0.25, 0.3) is 0 Å². The lowest BCUT2D eigenvalue weighted by Gasteiger charge is -2.37. The first kappa shape index (κ1) is 19.6. The highest BCUT2D eigenvalue weighted by Crippen LogP contribution is 2.33. The molecule has 2 aliphatic heterocycles. The monoisotopic (exact) mass is 385 g/mol. The summed E-state index contributed by atoms with van der Waals surface area (Å²) in [7, 11) is 1.24. The summed E-state index contributed by atoms with van der Waals surface area (Å²) in [5.41, 5.74) is 1.82. The molecule has 1 N–H and O–H groups in total. The van der Waals surface area contributed by atoms with Crippen molar-refractivity contribution >= 4 is 29.8 Å². The number of ether oxygens (including phenoxy) is 1. The fourth-order valence-electron chi connectivity index (χ4n) is 3.65. The van der Waals surface area contributed by atoms with Gasteiger partial charge in [-0.15, -0.1) is 0 Å². The van der Waals surface area contributed by atoms with E-state index in [1.54, 1.807) is 6.20 Å². The van der Waals surface area contributed by atoms with E-state index >= 15 is 0 Å². The third kappa shape index (κ3) is 3.90. The van der Waals surface area contributed by atoms with E-state index in [1.807, 2.05) is 30.3 Å². The number of methoxy groups -OCH3 is 1. The van der Waals surface area contributed by atoms with Crippen molar-refractivity contribution in [2.24, 2.45) is 0 Å². The molecular weight excluding hydrogens is 362 g/mol. The summed E-state index contributed by atoms with van der Waals surface area (Å²) in [6, 6.07) is 6.20. The number of nitrogens with one attached hydrogen (secondary N) is 1. The number of esters is 1. The largest absolute Gasteiger partial charge is 0.469 e. The maximum absolute atomic E-state index is 13.1. The number of hydrogen-bond donors (Lipinski definition) is 1. The van der Waals surface area contributed by atoms with Crippen LogP contribution in [0.3, 0.4) is 0 Å². The first-order chi connectivity index (χ1) is 13.4. The molecule has 2 heterocycles. The maximum atomic E-state index is 13.1. The van der Waals surface area contributed by atoms with Crippen LogP contribution in [0.15, 0.2) is 30.5 Å². The minimum Gasteiger partial charge on any atom is -0.469 e. The average molecular weight is 385 g/mol. The zero-order valence-corrected chi connectivity index (χ0v) is 15.9. The molecule has 8 nitrogen and oxygen atoms in total. The molecule has 0 spiro atoms. The number of rotatable bonds is 4. The Labute approximate surface area is 163 Å². The van der Waals surface area contributed by atoms with Gasteiger partial charge in [-0.2, -0.15) is 0 Å². The van der Waals surface area contributed by atoms with E-state index < -0.39 is 18.1 Å². The summed E-state index contributed by atoms with van der Waals surface area (Å²) in [5.74, 6) is -1.40. The zero-order chi connectivity index (χ0) is 20.3. The fourth-order valence-corrected chi connectivity index (χ4v) is 3.65. The van der Waals surface area contributed by atoms with Crippen molar-refractivity contribution in [2.45, 2.75) is 31.8 Å². The minimum absolute atomic E-state index is 0.0197. The van der Waals surface area contributed by atoms with Gasteiger partial charge in [0.05, 0.1) is 26.0 Å². The van der Waals surface area contributed by atoms with Crippen LogP contribution in [0.5, 0.6) is 0 Å². The van der Waals surface area contributed by atoms with Gasteiger partial charge in [0.2, 0.25) is 17.7 Å². The first-order valence-electron chi connectivity index (χ1n) is 9.12. The van der Waals surface area contributed by atoms with E-state index in [0.29, 0.717) is 13.1 Å². The Morgan fingerprint density at radius 3 is 2.64 bits per heavy atom. The number of carbonyl (C=O) groups excluding carboxylic acids is 4. The van der Waals surface area contributed by atoms with Gasteiger partial charge in [-0.25, -0.2) is 0 Å². The fraction of sp³-hybridized carbons (Fsp3) is 0.400. The van der Waals surface area contributed by atoms with Gasteiger partial charge >= 0.3 is 5.97 Å². The van der Waals surface area contributed by atoms with Crippen molar-refractivity contribution in [3.05, 3.63) is 41.6 Å². The van der Waals surface area contributed by atoms with E-state index in [2.05, 4.69) is 10.1 Å². The molecule has 148 valence electrons. The van der Waals surface area contributed by atoms with E-state index in [-0.39, 0.29) is 30.6 Å². The van der Waals surface area contributed by atoms with Gasteiger partial charge in [0, 0.05) is 26.2 Å². The van der Waals surface area contributed by atoms with Gasteiger partial charge in [0.15, 0.2) is 0 Å². The van der Waals surface area contributed by atoms with Gasteiger partial charge in [-0.3, -0.25) is 19.2 Å². The van der Waals surface area contributed by atoms with Crippen LogP contribution in [-0.2, 0) is 23.9 Å². The van der Waals surface area contributed by atoms with Crippen LogP contribution in [-0.4, -0.2) is 59.7 Å². The van der Waals surface area contributed by atoms with Crippen molar-refractivity contribution in [2.75, 3.05) is 20.2 Å². The van der Waals surface area contributed by atoms with Crippen LogP contribution >= 0.6 is 0 Å². The summed E-state index contributed by atoms with van der Waals surface area (Å²) >= 11 is 0. The minimum atomic E-state index is -0.908. The molecule has 1 aromatic rings. The van der Waals surface area contributed by atoms with Crippen LogP contribution < -0.4 is 5.32 Å². The second-order valence-corrected chi connectivity index (χ2v) is 6.77. The van der Waals surface area contributed by atoms with Crippen LogP contribution in [0.1, 0.15) is 36.9 Å². The van der Waals surface area contributed by atoms with Gasteiger partial charge in [0.1, 0.15) is 6.04 Å². The molecule has 0 radical (unpaired) electrons. The number of amides is 3. The lowest BCUT2D eigenvalue weighted by molar-refractivity contribution is -0.150. The molecule has 0 saturated carbocycles. The molecule has 3 amide bonds. The molecule has 0 aliphatic carbocycles. The van der Waals surface area contributed by atoms with Crippen LogP contribution in [0.4, 0.5) is 0 Å². The predicted molar refractivity (Wildman–Crippen MR) is 100 cm³/mol. The Balaban J connectivity index is 1.84. The molecule has 1 aromatic carbocycles. The van der Waals surface area contributed by atoms with Crippen molar-refractivity contribution < 1.29 is 23.9 Å². The van der Waals surface area contributed by atoms with Crippen LogP contribution in [0, 0.1) is 0 Å². The van der Waals surface area contributed by atoms with E-state index in [4.69, 9.17) is 0 Å². The van der Waals surface area contributed by atoms with Crippen molar-refractivity contribution in [1.29, 1.82) is 0 Å². The predicted octanol–water partition coefficient (Wildman–Crippen LogP) is 0.841. The molecule has 0 aromatic heterocycles. The maximum Gasteiger partial charge on any atom is 0.308 e. The van der Waals surface area contributed by atoms with Crippen molar-refractivity contribution in [3.8, 4) is 0 Å². The quantitative estimate of drug-likeness (QED) is 0.775. The van der Waals surface area contributed by atoms with Gasteiger partial charge in [-0.05, 0) is 17.2 Å². The van der Waals surface area contributed by atoms with E-state index in [1.165, 1.54) is 23.8 Å². The van der Waals surface area contributed by atoms with Crippen molar-refractivity contribution in [1.82, 2.24) is 15.1 Å². The number of fused-ring (bicyclic) bond motifs is 1. The highest BCUT2D eigenvalue weighted by molar-refractivity contribution is 5.92. The third-order valence-electron chi connectivity index (χ3n) is 5.08. The molecule has 1 saturated heterocycles. The number of nitrogens with zero attached hydrogens (tertiary/aromatic N) is 2. The third-order valence-corrected chi connectivity index (χ3v) is 5.08.